The van der Waals surface area contributed by atoms with Crippen molar-refractivity contribution in [2.45, 2.75) is 118 Å². The number of nitrogens with one attached hydrogen (secondary N) is 1. The van der Waals surface area contributed by atoms with E-state index in [1.807, 2.05) is 32.2 Å². The molecule has 300 valence electrons. The van der Waals surface area contributed by atoms with Crippen molar-refractivity contribution in [1.29, 1.82) is 0 Å². The van der Waals surface area contributed by atoms with Crippen molar-refractivity contribution in [3.8, 4) is 17.1 Å². The molecule has 4 bridgehead atoms. The lowest BCUT2D eigenvalue weighted by Crippen LogP contribution is -2.45. The van der Waals surface area contributed by atoms with Crippen LogP contribution in [-0.4, -0.2) is 60.4 Å². The molecule has 1 amide bonds. The Hall–Kier alpha value is -4.51. The van der Waals surface area contributed by atoms with Crippen molar-refractivity contribution in [2.75, 3.05) is 29.8 Å². The summed E-state index contributed by atoms with van der Waals surface area (Å²) in [7, 11) is -2.18. The third kappa shape index (κ3) is 10.1. The summed E-state index contributed by atoms with van der Waals surface area (Å²) in [5.74, 6) is 1.30. The summed E-state index contributed by atoms with van der Waals surface area (Å²) in [5.41, 5.74) is 5.42. The maximum absolute atomic E-state index is 14.8. The van der Waals surface area contributed by atoms with E-state index < -0.39 is 16.1 Å². The zero-order valence-electron chi connectivity index (χ0n) is 34.8. The summed E-state index contributed by atoms with van der Waals surface area (Å²) in [6.07, 6.45) is 7.70. The first-order chi connectivity index (χ1) is 26.4. The number of fused-ring (bicyclic) bond motifs is 4. The van der Waals surface area contributed by atoms with Crippen molar-refractivity contribution < 1.29 is 17.9 Å². The zero-order valence-corrected chi connectivity index (χ0v) is 35.6. The summed E-state index contributed by atoms with van der Waals surface area (Å²) in [6.45, 7) is 18.1. The molecular weight excluding hydrogens is 721 g/mol. The van der Waals surface area contributed by atoms with E-state index in [0.29, 0.717) is 23.6 Å². The Morgan fingerprint density at radius 3 is 2.32 bits per heavy atom. The molecule has 0 saturated heterocycles. The number of anilines is 2. The van der Waals surface area contributed by atoms with Gasteiger partial charge < -0.3 is 14.5 Å². The van der Waals surface area contributed by atoms with Crippen LogP contribution in [0.4, 0.5) is 11.8 Å². The van der Waals surface area contributed by atoms with Gasteiger partial charge in [0.15, 0.2) is 0 Å². The number of aryl methyl sites for hydroxylation is 1. The van der Waals surface area contributed by atoms with E-state index in [1.165, 1.54) is 49.8 Å². The summed E-state index contributed by atoms with van der Waals surface area (Å²) in [4.78, 5) is 33.3. The van der Waals surface area contributed by atoms with Crippen molar-refractivity contribution >= 4 is 27.7 Å². The maximum Gasteiger partial charge on any atom is 0.264 e. The zero-order chi connectivity index (χ0) is 40.4. The van der Waals surface area contributed by atoms with Gasteiger partial charge >= 0.3 is 0 Å². The molecule has 1 atom stereocenters. The number of pyridine rings is 1. The van der Waals surface area contributed by atoms with Crippen LogP contribution in [0.2, 0.25) is 0 Å². The summed E-state index contributed by atoms with van der Waals surface area (Å²) < 4.78 is 37.5. The van der Waals surface area contributed by atoms with E-state index in [-0.39, 0.29) is 52.2 Å². The monoisotopic (exact) mass is 780 g/mol. The average molecular weight is 781 g/mol. The molecule has 6 rings (SSSR count). The molecule has 1 aliphatic heterocycles. The van der Waals surface area contributed by atoms with Gasteiger partial charge in [0.05, 0.1) is 28.9 Å². The first-order valence-electron chi connectivity index (χ1n) is 20.1. The van der Waals surface area contributed by atoms with Crippen LogP contribution in [0.5, 0.6) is 5.88 Å². The van der Waals surface area contributed by atoms with Gasteiger partial charge in [-0.15, -0.1) is 0 Å². The van der Waals surface area contributed by atoms with Gasteiger partial charge in [0.1, 0.15) is 12.4 Å². The molecule has 11 heteroatoms. The van der Waals surface area contributed by atoms with Crippen molar-refractivity contribution in [3.05, 3.63) is 88.6 Å². The molecule has 2 aromatic heterocycles. The Bertz CT molecular complexity index is 2150. The number of benzene rings is 2. The summed E-state index contributed by atoms with van der Waals surface area (Å²) in [6, 6.07) is 18.0. The molecule has 1 aliphatic carbocycles. The third-order valence-corrected chi connectivity index (χ3v) is 12.1. The lowest BCUT2D eigenvalue weighted by molar-refractivity contribution is 0.0508. The number of carbonyl (C=O) groups excluding carboxylic acids is 1. The second kappa shape index (κ2) is 16.5. The number of rotatable bonds is 8. The predicted octanol–water partition coefficient (Wildman–Crippen LogP) is 9.40. The Kier molecular flexibility index (Phi) is 12.1. The van der Waals surface area contributed by atoms with Crippen LogP contribution in [0.3, 0.4) is 0 Å². The number of carbonyl (C=O) groups is 1. The third-order valence-electron chi connectivity index (χ3n) is 10.7. The highest BCUT2D eigenvalue weighted by Gasteiger charge is 2.33. The Labute approximate surface area is 334 Å². The van der Waals surface area contributed by atoms with Gasteiger partial charge in [-0.05, 0) is 84.9 Å². The molecule has 10 nitrogen and oxygen atoms in total. The highest BCUT2D eigenvalue weighted by molar-refractivity contribution is 7.92. The van der Waals surface area contributed by atoms with Gasteiger partial charge in [-0.2, -0.15) is 4.98 Å². The fourth-order valence-electron chi connectivity index (χ4n) is 8.25. The topological polar surface area (TPSA) is 118 Å². The van der Waals surface area contributed by atoms with Gasteiger partial charge in [0.25, 0.3) is 15.9 Å². The van der Waals surface area contributed by atoms with Crippen LogP contribution < -0.4 is 14.4 Å². The van der Waals surface area contributed by atoms with Crippen molar-refractivity contribution in [1.82, 2.24) is 19.9 Å². The predicted molar refractivity (Wildman–Crippen MR) is 225 cm³/mol. The van der Waals surface area contributed by atoms with Crippen molar-refractivity contribution in [2.24, 2.45) is 16.7 Å². The molecule has 1 fully saturated rings. The second-order valence-electron chi connectivity index (χ2n) is 18.3. The number of ether oxygens (including phenoxy) is 1. The molecular formula is C45H60N6O4S. The number of sulfonamides is 1. The first-order valence-corrected chi connectivity index (χ1v) is 21.6. The second-order valence-corrected chi connectivity index (χ2v) is 20.0. The minimum Gasteiger partial charge on any atom is -0.475 e. The fraction of sp³-hybridized carbons (Fsp3) is 0.511. The average Bonchev–Trinajstić information content (AvgIpc) is 3.12. The van der Waals surface area contributed by atoms with Gasteiger partial charge in [-0.3, -0.25) is 4.79 Å². The van der Waals surface area contributed by atoms with Crippen LogP contribution in [-0.2, 0) is 23.0 Å². The lowest BCUT2D eigenvalue weighted by Gasteiger charge is -2.36. The van der Waals surface area contributed by atoms with E-state index in [0.717, 1.165) is 35.6 Å². The molecule has 1 saturated carbocycles. The lowest BCUT2D eigenvalue weighted by atomic mass is 9.82. The fourth-order valence-corrected chi connectivity index (χ4v) is 9.24. The molecule has 0 unspecified atom stereocenters. The highest BCUT2D eigenvalue weighted by atomic mass is 32.2. The Balaban J connectivity index is 1.47. The van der Waals surface area contributed by atoms with Crippen LogP contribution in [0.15, 0.2) is 65.6 Å². The van der Waals surface area contributed by atoms with E-state index >= 15 is 0 Å². The number of hydrogen-bond donors (Lipinski definition) is 1. The molecule has 0 spiro atoms. The molecule has 4 aromatic rings. The van der Waals surface area contributed by atoms with Gasteiger partial charge in [-0.1, -0.05) is 104 Å². The molecule has 56 heavy (non-hydrogen) atoms. The smallest absolute Gasteiger partial charge is 0.264 e. The number of hydrogen-bond acceptors (Lipinski definition) is 8. The highest BCUT2D eigenvalue weighted by Crippen LogP contribution is 2.37. The summed E-state index contributed by atoms with van der Waals surface area (Å²) in [5, 5.41) is 0. The Morgan fingerprint density at radius 1 is 0.893 bits per heavy atom. The molecule has 2 aromatic carbocycles. The largest absolute Gasteiger partial charge is 0.475 e. The molecule has 2 aliphatic rings. The molecule has 3 heterocycles. The number of nitrogens with zero attached hydrogens (tertiary/aromatic N) is 5. The quantitative estimate of drug-likeness (QED) is 0.188. The first kappa shape index (κ1) is 41.1. The van der Waals surface area contributed by atoms with E-state index in [1.54, 1.807) is 17.0 Å². The normalized spacial score (nSPS) is 17.9. The van der Waals surface area contributed by atoms with Crippen LogP contribution in [0, 0.1) is 30.6 Å². The molecule has 1 N–H and O–H groups in total. The van der Waals surface area contributed by atoms with Crippen LogP contribution in [0.1, 0.15) is 113 Å². The Morgan fingerprint density at radius 2 is 1.61 bits per heavy atom. The van der Waals surface area contributed by atoms with Crippen LogP contribution >= 0.6 is 0 Å². The van der Waals surface area contributed by atoms with Gasteiger partial charge in [-0.25, -0.2) is 23.1 Å². The minimum atomic E-state index is -4.20. The van der Waals surface area contributed by atoms with Gasteiger partial charge in [0, 0.05) is 30.3 Å². The van der Waals surface area contributed by atoms with Crippen LogP contribution in [0.25, 0.3) is 11.3 Å². The SMILES string of the molecule is Cc1cccc(CC2CCCCC2)c1-c1nc2nc(c1C)OC[C@@H](CC(C)(C)C)N(Cc1cccc(N(C)CC(C)(C)C)n1)C(=O)c1cccc(c1)S(=O)(=O)N2. The van der Waals surface area contributed by atoms with E-state index in [4.69, 9.17) is 19.7 Å². The molecule has 0 radical (unpaired) electrons. The van der Waals surface area contributed by atoms with Gasteiger partial charge in [0.2, 0.25) is 11.8 Å². The standard InChI is InChI=1S/C45H60N6O4S/c1-30-16-13-19-33(24-32-17-11-10-12-18-32)39(30)40-31(2)41-48-43(47-40)49-56(53,54)37-22-14-20-34(25-37)42(52)51(36(28-55-41)26-44(3,4)5)27-35-21-15-23-38(46-35)50(9)29-45(6,7)8/h13-16,19-23,25,32,36H,10-12,17-18,24,26-29H2,1-9H3,(H,47,48,49)/t36-/m1/s1. The maximum atomic E-state index is 14.8. The van der Waals surface area contributed by atoms with E-state index in [9.17, 15) is 13.2 Å². The number of amides is 1. The minimum absolute atomic E-state index is 0.0547. The van der Waals surface area contributed by atoms with Crippen molar-refractivity contribution in [3.63, 3.8) is 0 Å². The summed E-state index contributed by atoms with van der Waals surface area (Å²) >= 11 is 0. The van der Waals surface area contributed by atoms with E-state index in [2.05, 4.69) is 76.3 Å². The number of aromatic nitrogens is 3.